The van der Waals surface area contributed by atoms with Crippen LogP contribution in [0.4, 0.5) is 0 Å². The van der Waals surface area contributed by atoms with Gasteiger partial charge in [0.15, 0.2) is 0 Å². The van der Waals surface area contributed by atoms with Crippen LogP contribution in [0.3, 0.4) is 0 Å². The Balaban J connectivity index is 2.23. The predicted molar refractivity (Wildman–Crippen MR) is 36.3 cm³/mol. The van der Waals surface area contributed by atoms with Gasteiger partial charge in [0.05, 0.1) is 6.61 Å². The number of ether oxygens (including phenoxy) is 1. The molecule has 0 spiro atoms. The Kier molecular flexibility index (Phi) is 2.45. The van der Waals surface area contributed by atoms with Gasteiger partial charge in [0.2, 0.25) is 0 Å². The van der Waals surface area contributed by atoms with Crippen LogP contribution >= 0.6 is 0 Å². The molecule has 0 bridgehead atoms. The van der Waals surface area contributed by atoms with E-state index in [9.17, 15) is 0 Å². The van der Waals surface area contributed by atoms with Crippen molar-refractivity contribution in [1.82, 2.24) is 10.2 Å². The molecule has 1 N–H and O–H groups in total. The van der Waals surface area contributed by atoms with E-state index in [1.54, 1.807) is 0 Å². The van der Waals surface area contributed by atoms with Gasteiger partial charge >= 0.3 is 0 Å². The second kappa shape index (κ2) is 3.15. The van der Waals surface area contributed by atoms with E-state index in [4.69, 9.17) is 4.74 Å². The first-order chi connectivity index (χ1) is 4.33. The molecule has 0 radical (unpaired) electrons. The van der Waals surface area contributed by atoms with Crippen LogP contribution in [0.5, 0.6) is 0 Å². The molecule has 0 aliphatic carbocycles. The number of nitrogens with one attached hydrogen (secondary N) is 1. The summed E-state index contributed by atoms with van der Waals surface area (Å²) < 4.78 is 5.34. The maximum Gasteiger partial charge on any atom is 0.120 e. The van der Waals surface area contributed by atoms with Crippen LogP contribution in [0, 0.1) is 0 Å². The van der Waals surface area contributed by atoms with Crippen molar-refractivity contribution >= 4 is 0 Å². The van der Waals surface area contributed by atoms with E-state index in [-0.39, 0.29) is 6.23 Å². The van der Waals surface area contributed by atoms with Crippen LogP contribution in [-0.4, -0.2) is 44.9 Å². The Labute approximate surface area is 56.0 Å². The molecule has 1 fully saturated rings. The van der Waals surface area contributed by atoms with Gasteiger partial charge in [-0.3, -0.25) is 5.32 Å². The molecular weight excluding hydrogens is 116 g/mol. The first-order valence-electron chi connectivity index (χ1n) is 3.30. The van der Waals surface area contributed by atoms with Gasteiger partial charge in [-0.05, 0) is 14.1 Å². The van der Waals surface area contributed by atoms with Crippen LogP contribution in [0.15, 0.2) is 0 Å². The van der Waals surface area contributed by atoms with Gasteiger partial charge in [-0.15, -0.1) is 0 Å². The third-order valence-electron chi connectivity index (χ3n) is 1.59. The zero-order valence-electron chi connectivity index (χ0n) is 6.05. The molecule has 1 unspecified atom stereocenters. The fraction of sp³-hybridized carbons (Fsp3) is 1.00. The van der Waals surface area contributed by atoms with E-state index in [1.807, 2.05) is 7.05 Å². The van der Waals surface area contributed by atoms with E-state index in [1.165, 1.54) is 0 Å². The summed E-state index contributed by atoms with van der Waals surface area (Å²) >= 11 is 0. The molecule has 1 aliphatic heterocycles. The lowest BCUT2D eigenvalue weighted by Gasteiger charge is -2.29. The smallest absolute Gasteiger partial charge is 0.120 e. The van der Waals surface area contributed by atoms with Gasteiger partial charge in [0.25, 0.3) is 0 Å². The summed E-state index contributed by atoms with van der Waals surface area (Å²) in [6.07, 6.45) is 0.240. The maximum absolute atomic E-state index is 5.34. The minimum atomic E-state index is 0.240. The Morgan fingerprint density at radius 1 is 1.67 bits per heavy atom. The Morgan fingerprint density at radius 2 is 2.44 bits per heavy atom. The van der Waals surface area contributed by atoms with Crippen molar-refractivity contribution in [2.75, 3.05) is 33.8 Å². The number of rotatable bonds is 1. The summed E-state index contributed by atoms with van der Waals surface area (Å²) in [4.78, 5) is 2.25. The quantitative estimate of drug-likeness (QED) is 0.517. The van der Waals surface area contributed by atoms with Gasteiger partial charge in [0, 0.05) is 13.1 Å². The molecule has 0 aromatic carbocycles. The minimum Gasteiger partial charge on any atom is -0.361 e. The Bertz CT molecular complexity index is 87.1. The predicted octanol–water partition coefficient (Wildman–Crippen LogP) is -0.506. The van der Waals surface area contributed by atoms with Crippen LogP contribution in [-0.2, 0) is 4.74 Å². The number of likely N-dealkylation sites (N-methyl/N-ethyl adjacent to an activating group) is 2. The monoisotopic (exact) mass is 130 g/mol. The highest BCUT2D eigenvalue weighted by Gasteiger charge is 2.14. The molecule has 1 aliphatic rings. The van der Waals surface area contributed by atoms with Crippen molar-refractivity contribution < 1.29 is 4.74 Å². The lowest BCUT2D eigenvalue weighted by Crippen LogP contribution is -2.46. The molecule has 0 saturated carbocycles. The average Bonchev–Trinajstić information content (AvgIpc) is 1.88. The number of hydrogen-bond donors (Lipinski definition) is 1. The second-order valence-corrected chi connectivity index (χ2v) is 2.41. The molecule has 0 aromatic rings. The molecule has 1 heterocycles. The molecule has 9 heavy (non-hydrogen) atoms. The Hall–Kier alpha value is -0.120. The van der Waals surface area contributed by atoms with E-state index < -0.39 is 0 Å². The topological polar surface area (TPSA) is 24.5 Å². The standard InChI is InChI=1S/C6H14N2O/c1-7-6-5-8(2)3-4-9-6/h6-7H,3-5H2,1-2H3. The van der Waals surface area contributed by atoms with Crippen molar-refractivity contribution in [3.05, 3.63) is 0 Å². The molecule has 0 aromatic heterocycles. The molecular formula is C6H14N2O. The van der Waals surface area contributed by atoms with Crippen LogP contribution in [0.2, 0.25) is 0 Å². The van der Waals surface area contributed by atoms with Crippen molar-refractivity contribution in [3.63, 3.8) is 0 Å². The van der Waals surface area contributed by atoms with E-state index in [0.29, 0.717) is 0 Å². The van der Waals surface area contributed by atoms with Gasteiger partial charge in [0.1, 0.15) is 6.23 Å². The normalized spacial score (nSPS) is 30.7. The summed E-state index contributed by atoms with van der Waals surface area (Å²) in [5.41, 5.74) is 0. The average molecular weight is 130 g/mol. The molecule has 0 amide bonds. The third kappa shape index (κ3) is 1.93. The highest BCUT2D eigenvalue weighted by molar-refractivity contribution is 4.64. The number of hydrogen-bond acceptors (Lipinski definition) is 3. The van der Waals surface area contributed by atoms with Crippen molar-refractivity contribution in [2.45, 2.75) is 6.23 Å². The summed E-state index contributed by atoms with van der Waals surface area (Å²) in [5.74, 6) is 0. The first-order valence-corrected chi connectivity index (χ1v) is 3.30. The summed E-state index contributed by atoms with van der Waals surface area (Å²) in [5, 5.41) is 3.07. The summed E-state index contributed by atoms with van der Waals surface area (Å²) in [6, 6.07) is 0. The van der Waals surface area contributed by atoms with Crippen molar-refractivity contribution in [2.24, 2.45) is 0 Å². The molecule has 3 nitrogen and oxygen atoms in total. The van der Waals surface area contributed by atoms with Gasteiger partial charge < -0.3 is 9.64 Å². The van der Waals surface area contributed by atoms with E-state index in [2.05, 4.69) is 17.3 Å². The van der Waals surface area contributed by atoms with Crippen molar-refractivity contribution in [1.29, 1.82) is 0 Å². The number of morpholine rings is 1. The van der Waals surface area contributed by atoms with E-state index in [0.717, 1.165) is 19.7 Å². The van der Waals surface area contributed by atoms with Crippen LogP contribution in [0.1, 0.15) is 0 Å². The molecule has 1 rings (SSSR count). The summed E-state index contributed by atoms with van der Waals surface area (Å²) in [6.45, 7) is 2.90. The lowest BCUT2D eigenvalue weighted by atomic mass is 10.4. The fourth-order valence-electron chi connectivity index (χ4n) is 0.952. The highest BCUT2D eigenvalue weighted by Crippen LogP contribution is 1.97. The second-order valence-electron chi connectivity index (χ2n) is 2.41. The third-order valence-corrected chi connectivity index (χ3v) is 1.59. The first kappa shape index (κ1) is 6.99. The largest absolute Gasteiger partial charge is 0.361 e. The van der Waals surface area contributed by atoms with E-state index >= 15 is 0 Å². The van der Waals surface area contributed by atoms with Gasteiger partial charge in [-0.1, -0.05) is 0 Å². The fourth-order valence-corrected chi connectivity index (χ4v) is 0.952. The lowest BCUT2D eigenvalue weighted by molar-refractivity contribution is -0.0331. The van der Waals surface area contributed by atoms with Crippen LogP contribution in [0.25, 0.3) is 0 Å². The Morgan fingerprint density at radius 3 is 2.89 bits per heavy atom. The zero-order chi connectivity index (χ0) is 6.69. The number of nitrogens with zero attached hydrogens (tertiary/aromatic N) is 1. The zero-order valence-corrected chi connectivity index (χ0v) is 6.05. The van der Waals surface area contributed by atoms with Crippen molar-refractivity contribution in [3.8, 4) is 0 Å². The van der Waals surface area contributed by atoms with Gasteiger partial charge in [-0.2, -0.15) is 0 Å². The summed E-state index contributed by atoms with van der Waals surface area (Å²) in [7, 11) is 4.02. The molecule has 1 atom stereocenters. The molecule has 1 saturated heterocycles. The minimum absolute atomic E-state index is 0.240. The molecule has 54 valence electrons. The van der Waals surface area contributed by atoms with Gasteiger partial charge in [-0.25, -0.2) is 0 Å². The molecule has 3 heteroatoms. The highest BCUT2D eigenvalue weighted by atomic mass is 16.5. The maximum atomic E-state index is 5.34. The SMILES string of the molecule is CNC1CN(C)CCO1. The van der Waals surface area contributed by atoms with Crippen LogP contribution < -0.4 is 5.32 Å².